The van der Waals surface area contributed by atoms with Gasteiger partial charge in [-0.25, -0.2) is 0 Å². The van der Waals surface area contributed by atoms with Crippen LogP contribution in [0.4, 0.5) is 5.69 Å². The Kier molecular flexibility index (Phi) is 4.45. The van der Waals surface area contributed by atoms with Gasteiger partial charge in [0.25, 0.3) is 0 Å². The fourth-order valence-corrected chi connectivity index (χ4v) is 3.00. The molecule has 0 saturated carbocycles. The Hall–Kier alpha value is -0.550. The van der Waals surface area contributed by atoms with E-state index in [0.717, 1.165) is 21.1 Å². The number of halogens is 1. The topological polar surface area (TPSA) is 37.3 Å². The van der Waals surface area contributed by atoms with Gasteiger partial charge in [-0.3, -0.25) is 9.98 Å². The van der Waals surface area contributed by atoms with Gasteiger partial charge in [-0.1, -0.05) is 25.6 Å². The maximum atomic E-state index is 4.73. The van der Waals surface area contributed by atoms with Crippen LogP contribution in [0.2, 0.25) is 0 Å². The SMILES string of the molecule is CC(C)C1CCSC(Nc2cncc(Br)c2)=N1. The Labute approximate surface area is 115 Å². The maximum absolute atomic E-state index is 4.73. The van der Waals surface area contributed by atoms with Crippen molar-refractivity contribution in [3.05, 3.63) is 22.9 Å². The van der Waals surface area contributed by atoms with Crippen molar-refractivity contribution in [2.24, 2.45) is 10.9 Å². The van der Waals surface area contributed by atoms with Gasteiger partial charge in [-0.05, 0) is 34.3 Å². The van der Waals surface area contributed by atoms with Crippen LogP contribution >= 0.6 is 27.7 Å². The van der Waals surface area contributed by atoms with Gasteiger partial charge in [0, 0.05) is 16.4 Å². The largest absolute Gasteiger partial charge is 0.334 e. The van der Waals surface area contributed by atoms with Crippen LogP contribution in [0.3, 0.4) is 0 Å². The summed E-state index contributed by atoms with van der Waals surface area (Å²) in [7, 11) is 0. The summed E-state index contributed by atoms with van der Waals surface area (Å²) in [6, 6.07) is 2.45. The molecule has 0 fully saturated rings. The minimum atomic E-state index is 0.443. The highest BCUT2D eigenvalue weighted by Gasteiger charge is 2.18. The lowest BCUT2D eigenvalue weighted by molar-refractivity contribution is 0.485. The number of rotatable bonds is 2. The van der Waals surface area contributed by atoms with E-state index < -0.39 is 0 Å². The molecule has 1 N–H and O–H groups in total. The standard InChI is InChI=1S/C12H16BrN3S/c1-8(2)11-3-4-17-12(16-11)15-10-5-9(13)6-14-7-10/h5-8,11H,3-4H2,1-2H3,(H,15,16). The van der Waals surface area contributed by atoms with Crippen molar-refractivity contribution >= 4 is 38.5 Å². The zero-order valence-corrected chi connectivity index (χ0v) is 12.4. The number of aromatic nitrogens is 1. The average molecular weight is 314 g/mol. The Morgan fingerprint density at radius 2 is 2.29 bits per heavy atom. The summed E-state index contributed by atoms with van der Waals surface area (Å²) in [5.74, 6) is 1.74. The first-order chi connectivity index (χ1) is 8.15. The van der Waals surface area contributed by atoms with Crippen molar-refractivity contribution in [1.82, 2.24) is 4.98 Å². The number of pyridine rings is 1. The predicted molar refractivity (Wildman–Crippen MR) is 78.7 cm³/mol. The van der Waals surface area contributed by atoms with Crippen LogP contribution in [0, 0.1) is 5.92 Å². The maximum Gasteiger partial charge on any atom is 0.161 e. The third-order valence-electron chi connectivity index (χ3n) is 2.66. The molecule has 1 aliphatic rings. The number of hydrogen-bond acceptors (Lipinski definition) is 4. The molecule has 0 radical (unpaired) electrons. The minimum Gasteiger partial charge on any atom is -0.334 e. The highest BCUT2D eigenvalue weighted by atomic mass is 79.9. The highest BCUT2D eigenvalue weighted by Crippen LogP contribution is 2.24. The number of anilines is 1. The summed E-state index contributed by atoms with van der Waals surface area (Å²) in [6.07, 6.45) is 4.76. The minimum absolute atomic E-state index is 0.443. The van der Waals surface area contributed by atoms with Gasteiger partial charge in [-0.15, -0.1) is 0 Å². The fourth-order valence-electron chi connectivity index (χ4n) is 1.68. The lowest BCUT2D eigenvalue weighted by Crippen LogP contribution is -2.23. The molecule has 0 amide bonds. The van der Waals surface area contributed by atoms with Crippen LogP contribution in [-0.2, 0) is 0 Å². The summed E-state index contributed by atoms with van der Waals surface area (Å²) in [5.41, 5.74) is 0.982. The van der Waals surface area contributed by atoms with E-state index in [1.54, 1.807) is 18.0 Å². The fraction of sp³-hybridized carbons (Fsp3) is 0.500. The normalized spacial score (nSPS) is 20.2. The zero-order chi connectivity index (χ0) is 12.3. The first kappa shape index (κ1) is 12.9. The number of thioether (sulfide) groups is 1. The Morgan fingerprint density at radius 1 is 1.47 bits per heavy atom. The van der Waals surface area contributed by atoms with Crippen LogP contribution < -0.4 is 5.32 Å². The molecule has 0 aliphatic carbocycles. The van der Waals surface area contributed by atoms with E-state index in [-0.39, 0.29) is 0 Å². The quantitative estimate of drug-likeness (QED) is 0.903. The number of amidine groups is 1. The van der Waals surface area contributed by atoms with Gasteiger partial charge in [0.1, 0.15) is 0 Å². The van der Waals surface area contributed by atoms with Gasteiger partial charge in [-0.2, -0.15) is 0 Å². The molecule has 0 bridgehead atoms. The third-order valence-corrected chi connectivity index (χ3v) is 4.02. The molecule has 3 nitrogen and oxygen atoms in total. The zero-order valence-electron chi connectivity index (χ0n) is 9.98. The van der Waals surface area contributed by atoms with E-state index in [1.807, 2.05) is 12.3 Å². The lowest BCUT2D eigenvalue weighted by Gasteiger charge is -2.23. The summed E-state index contributed by atoms with van der Waals surface area (Å²) in [5, 5.41) is 4.34. The molecule has 2 heterocycles. The molecule has 0 spiro atoms. The van der Waals surface area contributed by atoms with Crippen molar-refractivity contribution in [2.75, 3.05) is 11.1 Å². The summed E-state index contributed by atoms with van der Waals surface area (Å²) < 4.78 is 0.976. The van der Waals surface area contributed by atoms with Gasteiger partial charge in [0.15, 0.2) is 5.17 Å². The molecule has 1 aromatic rings. The number of nitrogens with zero attached hydrogens (tertiary/aromatic N) is 2. The van der Waals surface area contributed by atoms with Crippen molar-refractivity contribution in [1.29, 1.82) is 0 Å². The molecule has 1 aliphatic heterocycles. The van der Waals surface area contributed by atoms with E-state index >= 15 is 0 Å². The highest BCUT2D eigenvalue weighted by molar-refractivity contribution is 9.10. The number of nitrogens with one attached hydrogen (secondary N) is 1. The molecule has 5 heteroatoms. The second-order valence-corrected chi connectivity index (χ2v) is 6.40. The Morgan fingerprint density at radius 3 is 3.00 bits per heavy atom. The summed E-state index contributed by atoms with van der Waals surface area (Å²) >= 11 is 5.19. The molecule has 1 atom stereocenters. The Balaban J connectivity index is 2.08. The predicted octanol–water partition coefficient (Wildman–Crippen LogP) is 3.77. The van der Waals surface area contributed by atoms with Crippen molar-refractivity contribution in [3.63, 3.8) is 0 Å². The molecule has 1 aromatic heterocycles. The Bertz CT molecular complexity index is 420. The van der Waals surface area contributed by atoms with Gasteiger partial charge in [0.2, 0.25) is 0 Å². The monoisotopic (exact) mass is 313 g/mol. The van der Waals surface area contributed by atoms with Crippen LogP contribution in [0.15, 0.2) is 27.9 Å². The van der Waals surface area contributed by atoms with Crippen LogP contribution in [0.25, 0.3) is 0 Å². The van der Waals surface area contributed by atoms with Crippen LogP contribution in [-0.4, -0.2) is 21.9 Å². The number of aliphatic imine (C=N–C) groups is 1. The second kappa shape index (κ2) is 5.87. The smallest absolute Gasteiger partial charge is 0.161 e. The van der Waals surface area contributed by atoms with E-state index in [2.05, 4.69) is 40.1 Å². The molecular weight excluding hydrogens is 298 g/mol. The third kappa shape index (κ3) is 3.71. The molecule has 17 heavy (non-hydrogen) atoms. The van der Waals surface area contributed by atoms with E-state index in [1.165, 1.54) is 6.42 Å². The van der Waals surface area contributed by atoms with E-state index in [0.29, 0.717) is 12.0 Å². The summed E-state index contributed by atoms with van der Waals surface area (Å²) in [4.78, 5) is 8.86. The van der Waals surface area contributed by atoms with E-state index in [4.69, 9.17) is 4.99 Å². The average Bonchev–Trinajstić information content (AvgIpc) is 2.29. The summed E-state index contributed by atoms with van der Waals surface area (Å²) in [6.45, 7) is 4.45. The van der Waals surface area contributed by atoms with Gasteiger partial charge < -0.3 is 5.32 Å². The molecular formula is C12H16BrN3S. The first-order valence-corrected chi connectivity index (χ1v) is 7.51. The van der Waals surface area contributed by atoms with Crippen molar-refractivity contribution < 1.29 is 0 Å². The second-order valence-electron chi connectivity index (χ2n) is 4.40. The van der Waals surface area contributed by atoms with Crippen LogP contribution in [0.5, 0.6) is 0 Å². The van der Waals surface area contributed by atoms with Crippen molar-refractivity contribution in [2.45, 2.75) is 26.3 Å². The first-order valence-electron chi connectivity index (χ1n) is 5.73. The van der Waals surface area contributed by atoms with Gasteiger partial charge in [0.05, 0.1) is 17.9 Å². The molecule has 0 saturated heterocycles. The molecule has 92 valence electrons. The van der Waals surface area contributed by atoms with Crippen molar-refractivity contribution in [3.8, 4) is 0 Å². The number of hydrogen-bond donors (Lipinski definition) is 1. The molecule has 0 aromatic carbocycles. The molecule has 1 unspecified atom stereocenters. The molecule has 2 rings (SSSR count). The van der Waals surface area contributed by atoms with Gasteiger partial charge >= 0.3 is 0 Å². The lowest BCUT2D eigenvalue weighted by atomic mass is 10.0. The van der Waals surface area contributed by atoms with E-state index in [9.17, 15) is 0 Å². The van der Waals surface area contributed by atoms with Crippen LogP contribution in [0.1, 0.15) is 20.3 Å².